The Morgan fingerprint density at radius 2 is 2.05 bits per heavy atom. The zero-order valence-corrected chi connectivity index (χ0v) is 12.4. The second kappa shape index (κ2) is 7.79. The number of para-hydroxylation sites is 1. The first-order valence-electron chi connectivity index (χ1n) is 6.91. The van der Waals surface area contributed by atoms with Gasteiger partial charge in [0.15, 0.2) is 0 Å². The Hall–Kier alpha value is -1.55. The van der Waals surface area contributed by atoms with Crippen molar-refractivity contribution in [1.29, 1.82) is 0 Å². The molecule has 0 aliphatic heterocycles. The lowest BCUT2D eigenvalue weighted by Gasteiger charge is -2.25. The van der Waals surface area contributed by atoms with E-state index in [9.17, 15) is 4.79 Å². The van der Waals surface area contributed by atoms with Gasteiger partial charge in [0.25, 0.3) is 0 Å². The maximum Gasteiger partial charge on any atom is 0.238 e. The second-order valence-electron chi connectivity index (χ2n) is 4.67. The van der Waals surface area contributed by atoms with Crippen molar-refractivity contribution in [3.05, 3.63) is 23.8 Å². The van der Waals surface area contributed by atoms with E-state index < -0.39 is 0 Å². The number of nitrogens with one attached hydrogen (secondary N) is 2. The van der Waals surface area contributed by atoms with Gasteiger partial charge in [-0.25, -0.2) is 0 Å². The summed E-state index contributed by atoms with van der Waals surface area (Å²) in [5.41, 5.74) is 3.30. The Kier molecular flexibility index (Phi) is 6.36. The molecule has 0 radical (unpaired) electrons. The van der Waals surface area contributed by atoms with E-state index in [4.69, 9.17) is 0 Å². The molecule has 106 valence electrons. The van der Waals surface area contributed by atoms with Crippen LogP contribution in [0.4, 0.5) is 11.4 Å². The molecular formula is C15H25N3O. The molecule has 0 saturated carbocycles. The summed E-state index contributed by atoms with van der Waals surface area (Å²) in [6.07, 6.45) is 2.04. The van der Waals surface area contributed by atoms with Gasteiger partial charge < -0.3 is 15.5 Å². The normalized spacial score (nSPS) is 10.3. The maximum absolute atomic E-state index is 11.8. The molecule has 0 saturated heterocycles. The topological polar surface area (TPSA) is 44.4 Å². The Labute approximate surface area is 116 Å². The van der Waals surface area contributed by atoms with Gasteiger partial charge in [-0.15, -0.1) is 0 Å². The number of anilines is 2. The van der Waals surface area contributed by atoms with Gasteiger partial charge in [0.2, 0.25) is 5.91 Å². The Morgan fingerprint density at radius 1 is 1.32 bits per heavy atom. The third kappa shape index (κ3) is 4.24. The number of carbonyl (C=O) groups excluding carboxylic acids is 1. The monoisotopic (exact) mass is 263 g/mol. The molecule has 1 aromatic carbocycles. The second-order valence-corrected chi connectivity index (χ2v) is 4.67. The minimum Gasteiger partial charge on any atom is -0.373 e. The molecule has 2 N–H and O–H groups in total. The fourth-order valence-corrected chi connectivity index (χ4v) is 2.23. The van der Waals surface area contributed by atoms with Gasteiger partial charge >= 0.3 is 0 Å². The predicted octanol–water partition coefficient (Wildman–Crippen LogP) is 2.25. The highest BCUT2D eigenvalue weighted by molar-refractivity contribution is 5.96. The summed E-state index contributed by atoms with van der Waals surface area (Å²) in [5, 5.41) is 5.85. The molecule has 19 heavy (non-hydrogen) atoms. The summed E-state index contributed by atoms with van der Waals surface area (Å²) >= 11 is 0. The Balaban J connectivity index is 3.04. The number of carbonyl (C=O) groups is 1. The molecule has 0 heterocycles. The van der Waals surface area contributed by atoms with E-state index in [0.717, 1.165) is 30.8 Å². The van der Waals surface area contributed by atoms with Crippen molar-refractivity contribution >= 4 is 17.3 Å². The number of hydrogen-bond acceptors (Lipinski definition) is 3. The van der Waals surface area contributed by atoms with Crippen molar-refractivity contribution in [3.8, 4) is 0 Å². The van der Waals surface area contributed by atoms with Crippen LogP contribution in [-0.4, -0.2) is 33.1 Å². The molecule has 1 rings (SSSR count). The van der Waals surface area contributed by atoms with Crippen LogP contribution in [0.5, 0.6) is 0 Å². The first-order chi connectivity index (χ1) is 9.13. The summed E-state index contributed by atoms with van der Waals surface area (Å²) in [6.45, 7) is 5.60. The number of hydrogen-bond donors (Lipinski definition) is 2. The van der Waals surface area contributed by atoms with Gasteiger partial charge in [0, 0.05) is 13.6 Å². The van der Waals surface area contributed by atoms with Crippen LogP contribution in [0.3, 0.4) is 0 Å². The van der Waals surface area contributed by atoms with E-state index in [-0.39, 0.29) is 5.91 Å². The van der Waals surface area contributed by atoms with Crippen LogP contribution in [0.15, 0.2) is 18.2 Å². The van der Waals surface area contributed by atoms with Crippen LogP contribution in [-0.2, 0) is 11.2 Å². The first-order valence-corrected chi connectivity index (χ1v) is 6.91. The summed E-state index contributed by atoms with van der Waals surface area (Å²) in [6, 6.07) is 6.08. The predicted molar refractivity (Wildman–Crippen MR) is 81.9 cm³/mol. The molecule has 0 atom stereocenters. The van der Waals surface area contributed by atoms with Crippen molar-refractivity contribution in [1.82, 2.24) is 5.32 Å². The standard InChI is InChI=1S/C15H25N3O/c1-5-10-18(4)15-12(6-2)8-7-9-13(15)17-14(19)11-16-3/h7-9,16H,5-6,10-11H2,1-4H3,(H,17,19). The highest BCUT2D eigenvalue weighted by atomic mass is 16.1. The van der Waals surface area contributed by atoms with Gasteiger partial charge in [-0.2, -0.15) is 0 Å². The Bertz CT molecular complexity index is 418. The molecule has 0 aliphatic rings. The van der Waals surface area contributed by atoms with Crippen molar-refractivity contribution < 1.29 is 4.79 Å². The molecule has 0 aliphatic carbocycles. The van der Waals surface area contributed by atoms with E-state index >= 15 is 0 Å². The third-order valence-electron chi connectivity index (χ3n) is 3.05. The van der Waals surface area contributed by atoms with E-state index in [1.807, 2.05) is 12.1 Å². The van der Waals surface area contributed by atoms with Gasteiger partial charge in [0.05, 0.1) is 17.9 Å². The SMILES string of the molecule is CCCN(C)c1c(CC)cccc1NC(=O)CNC. The lowest BCUT2D eigenvalue weighted by Crippen LogP contribution is -2.27. The van der Waals surface area contributed by atoms with Crippen LogP contribution in [0.1, 0.15) is 25.8 Å². The highest BCUT2D eigenvalue weighted by Gasteiger charge is 2.13. The fourth-order valence-electron chi connectivity index (χ4n) is 2.23. The van der Waals surface area contributed by atoms with Gasteiger partial charge in [-0.3, -0.25) is 4.79 Å². The Morgan fingerprint density at radius 3 is 2.63 bits per heavy atom. The summed E-state index contributed by atoms with van der Waals surface area (Å²) in [5.74, 6) is -0.0121. The molecule has 4 heteroatoms. The quantitative estimate of drug-likeness (QED) is 0.793. The van der Waals surface area contributed by atoms with Crippen molar-refractivity contribution in [2.24, 2.45) is 0 Å². The van der Waals surface area contributed by atoms with Crippen LogP contribution >= 0.6 is 0 Å². The zero-order chi connectivity index (χ0) is 14.3. The number of benzene rings is 1. The number of aryl methyl sites for hydroxylation is 1. The summed E-state index contributed by atoms with van der Waals surface area (Å²) in [4.78, 5) is 14.0. The summed E-state index contributed by atoms with van der Waals surface area (Å²) < 4.78 is 0. The molecule has 1 amide bonds. The van der Waals surface area contributed by atoms with E-state index in [1.165, 1.54) is 5.56 Å². The molecule has 0 aromatic heterocycles. The minimum atomic E-state index is -0.0121. The van der Waals surface area contributed by atoms with Crippen molar-refractivity contribution in [2.75, 3.05) is 37.4 Å². The fraction of sp³-hybridized carbons (Fsp3) is 0.533. The van der Waals surface area contributed by atoms with E-state index in [0.29, 0.717) is 6.54 Å². The van der Waals surface area contributed by atoms with Crippen LogP contribution in [0.2, 0.25) is 0 Å². The molecule has 0 fully saturated rings. The zero-order valence-electron chi connectivity index (χ0n) is 12.4. The average Bonchev–Trinajstić information content (AvgIpc) is 2.38. The molecule has 0 unspecified atom stereocenters. The minimum absolute atomic E-state index is 0.0121. The van der Waals surface area contributed by atoms with Gasteiger partial charge in [-0.05, 0) is 31.5 Å². The van der Waals surface area contributed by atoms with Gasteiger partial charge in [-0.1, -0.05) is 26.0 Å². The molecule has 0 spiro atoms. The third-order valence-corrected chi connectivity index (χ3v) is 3.05. The lowest BCUT2D eigenvalue weighted by atomic mass is 10.1. The number of amides is 1. The van der Waals surface area contributed by atoms with E-state index in [1.54, 1.807) is 7.05 Å². The average molecular weight is 263 g/mol. The van der Waals surface area contributed by atoms with E-state index in [2.05, 4.69) is 42.5 Å². The lowest BCUT2D eigenvalue weighted by molar-refractivity contribution is -0.115. The summed E-state index contributed by atoms with van der Waals surface area (Å²) in [7, 11) is 3.85. The number of likely N-dealkylation sites (N-methyl/N-ethyl adjacent to an activating group) is 1. The largest absolute Gasteiger partial charge is 0.373 e. The first kappa shape index (κ1) is 15.5. The molecule has 4 nitrogen and oxygen atoms in total. The highest BCUT2D eigenvalue weighted by Crippen LogP contribution is 2.30. The molecule has 0 bridgehead atoms. The molecular weight excluding hydrogens is 238 g/mol. The van der Waals surface area contributed by atoms with Crippen molar-refractivity contribution in [2.45, 2.75) is 26.7 Å². The van der Waals surface area contributed by atoms with Gasteiger partial charge in [0.1, 0.15) is 0 Å². The van der Waals surface area contributed by atoms with Crippen LogP contribution in [0.25, 0.3) is 0 Å². The number of nitrogens with zero attached hydrogens (tertiary/aromatic N) is 1. The van der Waals surface area contributed by atoms with Crippen molar-refractivity contribution in [3.63, 3.8) is 0 Å². The number of rotatable bonds is 7. The smallest absolute Gasteiger partial charge is 0.238 e. The maximum atomic E-state index is 11.8. The van der Waals surface area contributed by atoms with Crippen LogP contribution < -0.4 is 15.5 Å². The van der Waals surface area contributed by atoms with Crippen LogP contribution in [0, 0.1) is 0 Å². The molecule has 1 aromatic rings.